The molecule has 0 bridgehead atoms. The Balaban J connectivity index is -0.000000853. The first-order chi connectivity index (χ1) is 7.93. The number of pyridine rings is 1. The minimum absolute atomic E-state index is 0. The molecule has 0 unspecified atom stereocenters. The van der Waals surface area contributed by atoms with E-state index >= 15 is 0 Å². The van der Waals surface area contributed by atoms with Crippen molar-refractivity contribution in [2.75, 3.05) is 6.54 Å². The fourth-order valence-corrected chi connectivity index (χ4v) is 1.59. The van der Waals surface area contributed by atoms with Gasteiger partial charge in [0.05, 0.1) is 5.69 Å². The largest absolute Gasteiger partial charge is 2.00 e. The van der Waals surface area contributed by atoms with Gasteiger partial charge in [0.15, 0.2) is 0 Å². The van der Waals surface area contributed by atoms with Crippen LogP contribution in [0, 0.1) is 0 Å². The van der Waals surface area contributed by atoms with Crippen LogP contribution in [0.15, 0.2) is 29.4 Å². The van der Waals surface area contributed by atoms with Gasteiger partial charge < -0.3 is 24.8 Å². The zero-order chi connectivity index (χ0) is 11.5. The van der Waals surface area contributed by atoms with Crippen LogP contribution >= 0.6 is 0 Å². The monoisotopic (exact) mass is 483 g/mol. The van der Waals surface area contributed by atoms with Crippen molar-refractivity contribution in [1.29, 1.82) is 0 Å². The van der Waals surface area contributed by atoms with E-state index in [1.807, 2.05) is 24.4 Å². The Kier molecular flexibility index (Phi) is 23.0. The van der Waals surface area contributed by atoms with Crippen molar-refractivity contribution < 1.29 is 45.9 Å². The van der Waals surface area contributed by atoms with Gasteiger partial charge in [-0.05, 0) is 18.6 Å². The molecule has 1 aromatic rings. The second kappa shape index (κ2) is 18.1. The SMILES string of the molecule is CCCCCCCCN=Cc1ccccn1.[Cl-].[Cl-].[Pt+2]. The predicted octanol–water partition coefficient (Wildman–Crippen LogP) is -2.13. The summed E-state index contributed by atoms with van der Waals surface area (Å²) in [4.78, 5) is 8.56. The summed E-state index contributed by atoms with van der Waals surface area (Å²) in [6.07, 6.45) is 11.6. The topological polar surface area (TPSA) is 25.2 Å². The molecule has 0 saturated heterocycles. The second-order valence-corrected chi connectivity index (χ2v) is 4.06. The Morgan fingerprint density at radius 3 is 2.37 bits per heavy atom. The molecule has 19 heavy (non-hydrogen) atoms. The van der Waals surface area contributed by atoms with Gasteiger partial charge in [-0.15, -0.1) is 0 Å². The van der Waals surface area contributed by atoms with E-state index in [0.717, 1.165) is 12.2 Å². The molecule has 0 fully saturated rings. The molecule has 0 saturated carbocycles. The predicted molar refractivity (Wildman–Crippen MR) is 70.1 cm³/mol. The van der Waals surface area contributed by atoms with E-state index in [1.165, 1.54) is 38.5 Å². The maximum Gasteiger partial charge on any atom is 2.00 e. The van der Waals surface area contributed by atoms with Crippen molar-refractivity contribution in [3.8, 4) is 0 Å². The quantitative estimate of drug-likeness (QED) is 0.306. The van der Waals surface area contributed by atoms with Gasteiger partial charge in [0.1, 0.15) is 0 Å². The molecule has 0 aliphatic carbocycles. The Hall–Kier alpha value is 0.0883. The molecule has 1 aromatic heterocycles. The average Bonchev–Trinajstić information content (AvgIpc) is 2.34. The third kappa shape index (κ3) is 14.3. The van der Waals surface area contributed by atoms with Gasteiger partial charge in [0, 0.05) is 19.0 Å². The number of aromatic nitrogens is 1. The van der Waals surface area contributed by atoms with Crippen LogP contribution in [-0.4, -0.2) is 17.7 Å². The molecule has 5 heteroatoms. The molecule has 0 aromatic carbocycles. The molecule has 0 spiro atoms. The van der Waals surface area contributed by atoms with Crippen molar-refractivity contribution in [1.82, 2.24) is 4.98 Å². The van der Waals surface area contributed by atoms with E-state index in [1.54, 1.807) is 6.20 Å². The van der Waals surface area contributed by atoms with Crippen molar-refractivity contribution in [3.63, 3.8) is 0 Å². The van der Waals surface area contributed by atoms with Gasteiger partial charge in [-0.1, -0.05) is 45.1 Å². The molecule has 2 nitrogen and oxygen atoms in total. The van der Waals surface area contributed by atoms with E-state index in [9.17, 15) is 0 Å². The molecule has 0 N–H and O–H groups in total. The molecular formula is C14H22Cl2N2Pt. The summed E-state index contributed by atoms with van der Waals surface area (Å²) in [5.41, 5.74) is 0.952. The fourth-order valence-electron chi connectivity index (χ4n) is 1.59. The van der Waals surface area contributed by atoms with Gasteiger partial charge >= 0.3 is 21.1 Å². The van der Waals surface area contributed by atoms with Gasteiger partial charge in [-0.3, -0.25) is 9.98 Å². The minimum Gasteiger partial charge on any atom is -1.00 e. The van der Waals surface area contributed by atoms with Crippen molar-refractivity contribution in [2.45, 2.75) is 45.4 Å². The minimum atomic E-state index is 0. The first kappa shape index (κ1) is 24.1. The normalized spacial score (nSPS) is 9.32. The summed E-state index contributed by atoms with van der Waals surface area (Å²) in [6, 6.07) is 5.88. The van der Waals surface area contributed by atoms with Gasteiger partial charge in [0.25, 0.3) is 0 Å². The van der Waals surface area contributed by atoms with Crippen molar-refractivity contribution >= 4 is 6.21 Å². The molecule has 0 aliphatic rings. The third-order valence-corrected chi connectivity index (χ3v) is 2.55. The summed E-state index contributed by atoms with van der Waals surface area (Å²) in [7, 11) is 0. The zero-order valence-corrected chi connectivity index (χ0v) is 15.1. The van der Waals surface area contributed by atoms with Crippen LogP contribution in [0.5, 0.6) is 0 Å². The number of unbranched alkanes of at least 4 members (excludes halogenated alkanes) is 5. The van der Waals surface area contributed by atoms with Crippen molar-refractivity contribution in [2.24, 2.45) is 4.99 Å². The van der Waals surface area contributed by atoms with E-state index in [-0.39, 0.29) is 45.9 Å². The van der Waals surface area contributed by atoms with Gasteiger partial charge in [-0.25, -0.2) is 0 Å². The summed E-state index contributed by atoms with van der Waals surface area (Å²) in [5.74, 6) is 0. The van der Waals surface area contributed by atoms with Crippen LogP contribution in [0.4, 0.5) is 0 Å². The summed E-state index contributed by atoms with van der Waals surface area (Å²) in [5, 5.41) is 0. The standard InChI is InChI=1S/C14H22N2.2ClH.Pt/c1-2-3-4-5-6-8-11-15-13-14-10-7-9-12-16-14;;;/h7,9-10,12-13H,2-6,8,11H2,1H3;2*1H;/q;;;+2/p-2. The van der Waals surface area contributed by atoms with Crippen LogP contribution in [-0.2, 0) is 21.1 Å². The number of nitrogens with zero attached hydrogens (tertiary/aromatic N) is 2. The number of aliphatic imine (C=N–C) groups is 1. The van der Waals surface area contributed by atoms with Crippen LogP contribution in [0.2, 0.25) is 0 Å². The first-order valence-electron chi connectivity index (χ1n) is 6.34. The second-order valence-electron chi connectivity index (χ2n) is 4.06. The third-order valence-electron chi connectivity index (χ3n) is 2.55. The fraction of sp³-hybridized carbons (Fsp3) is 0.571. The van der Waals surface area contributed by atoms with Crippen LogP contribution < -0.4 is 24.8 Å². The van der Waals surface area contributed by atoms with E-state index in [4.69, 9.17) is 0 Å². The molecule has 0 radical (unpaired) electrons. The summed E-state index contributed by atoms with van der Waals surface area (Å²) >= 11 is 0. The number of rotatable bonds is 8. The molecule has 0 aliphatic heterocycles. The molecule has 1 heterocycles. The molecular weight excluding hydrogens is 462 g/mol. The Morgan fingerprint density at radius 2 is 1.74 bits per heavy atom. The van der Waals surface area contributed by atoms with E-state index in [0.29, 0.717) is 0 Å². The van der Waals surface area contributed by atoms with Crippen LogP contribution in [0.25, 0.3) is 0 Å². The number of hydrogen-bond acceptors (Lipinski definition) is 2. The Bertz CT molecular complexity index is 295. The Morgan fingerprint density at radius 1 is 1.05 bits per heavy atom. The maximum absolute atomic E-state index is 4.37. The van der Waals surface area contributed by atoms with Gasteiger partial charge in [-0.2, -0.15) is 0 Å². The number of halogens is 2. The first-order valence-corrected chi connectivity index (χ1v) is 6.34. The Labute approximate surface area is 144 Å². The summed E-state index contributed by atoms with van der Waals surface area (Å²) < 4.78 is 0. The van der Waals surface area contributed by atoms with Crippen molar-refractivity contribution in [3.05, 3.63) is 30.1 Å². The van der Waals surface area contributed by atoms with E-state index in [2.05, 4.69) is 16.9 Å². The summed E-state index contributed by atoms with van der Waals surface area (Å²) in [6.45, 7) is 3.18. The molecule has 1 rings (SSSR count). The number of hydrogen-bond donors (Lipinski definition) is 0. The van der Waals surface area contributed by atoms with E-state index < -0.39 is 0 Å². The van der Waals surface area contributed by atoms with Gasteiger partial charge in [0.2, 0.25) is 0 Å². The zero-order valence-electron chi connectivity index (χ0n) is 11.3. The average molecular weight is 484 g/mol. The van der Waals surface area contributed by atoms with Crippen LogP contribution in [0.1, 0.15) is 51.1 Å². The van der Waals surface area contributed by atoms with Crippen LogP contribution in [0.3, 0.4) is 0 Å². The maximum atomic E-state index is 4.37. The molecule has 0 atom stereocenters. The molecule has 112 valence electrons. The molecule has 0 amide bonds. The smallest absolute Gasteiger partial charge is 1.00 e.